The number of hydrogen-bond acceptors (Lipinski definition) is 4. The standard InChI is InChI=1S/C27H20BrFN2O3S/c28-20-10-11-24-22(15-20)19(17-30(24)16-18-6-4-5-9-23(18)29)14-25-26(32)31(27(33)35-25)12-13-34-21-7-2-1-3-8-21/h1-11,14-15,17H,12-13,16H2/b25-14-. The molecule has 2 heterocycles. The van der Waals surface area contributed by atoms with E-state index in [9.17, 15) is 14.0 Å². The Morgan fingerprint density at radius 1 is 1.00 bits per heavy atom. The van der Waals surface area contributed by atoms with Gasteiger partial charge in [0.05, 0.1) is 18.0 Å². The Morgan fingerprint density at radius 3 is 2.57 bits per heavy atom. The summed E-state index contributed by atoms with van der Waals surface area (Å²) in [5.41, 5.74) is 2.25. The number of fused-ring (bicyclic) bond motifs is 1. The Hall–Kier alpha value is -3.36. The molecule has 0 aliphatic carbocycles. The molecule has 176 valence electrons. The van der Waals surface area contributed by atoms with Gasteiger partial charge >= 0.3 is 0 Å². The minimum atomic E-state index is -0.346. The van der Waals surface area contributed by atoms with Gasteiger partial charge in [-0.05, 0) is 54.2 Å². The molecule has 1 aliphatic heterocycles. The molecule has 1 aliphatic rings. The van der Waals surface area contributed by atoms with Gasteiger partial charge in [-0.1, -0.05) is 52.3 Å². The molecule has 5 rings (SSSR count). The number of thioether (sulfide) groups is 1. The summed E-state index contributed by atoms with van der Waals surface area (Å²) in [6.45, 7) is 0.721. The molecule has 0 saturated carbocycles. The van der Waals surface area contributed by atoms with E-state index in [0.29, 0.717) is 22.8 Å². The van der Waals surface area contributed by atoms with E-state index >= 15 is 0 Å². The quantitative estimate of drug-likeness (QED) is 0.240. The summed E-state index contributed by atoms with van der Waals surface area (Å²) in [6, 6.07) is 21.7. The summed E-state index contributed by atoms with van der Waals surface area (Å²) in [5.74, 6) is 0.0665. The fourth-order valence-corrected chi connectivity index (χ4v) is 5.18. The Balaban J connectivity index is 1.40. The number of benzene rings is 3. The fourth-order valence-electron chi connectivity index (χ4n) is 3.96. The number of carbonyl (C=O) groups is 2. The summed E-state index contributed by atoms with van der Waals surface area (Å²) in [5, 5.41) is 0.573. The van der Waals surface area contributed by atoms with Crippen LogP contribution in [0.2, 0.25) is 0 Å². The van der Waals surface area contributed by atoms with Crippen LogP contribution >= 0.6 is 27.7 Å². The molecule has 35 heavy (non-hydrogen) atoms. The summed E-state index contributed by atoms with van der Waals surface area (Å²) in [4.78, 5) is 27.1. The molecule has 0 unspecified atom stereocenters. The van der Waals surface area contributed by atoms with E-state index in [0.717, 1.165) is 32.7 Å². The zero-order valence-corrected chi connectivity index (χ0v) is 20.9. The summed E-state index contributed by atoms with van der Waals surface area (Å²) < 4.78 is 22.8. The largest absolute Gasteiger partial charge is 0.492 e. The zero-order chi connectivity index (χ0) is 24.4. The molecule has 0 spiro atoms. The first kappa shape index (κ1) is 23.4. The van der Waals surface area contributed by atoms with E-state index in [1.54, 1.807) is 24.3 Å². The van der Waals surface area contributed by atoms with Crippen molar-refractivity contribution in [2.45, 2.75) is 6.54 Å². The maximum atomic E-state index is 14.3. The van der Waals surface area contributed by atoms with Crippen LogP contribution in [0.4, 0.5) is 9.18 Å². The molecule has 0 radical (unpaired) electrons. The molecule has 0 atom stereocenters. The van der Waals surface area contributed by atoms with Crippen LogP contribution in [0.3, 0.4) is 0 Å². The number of amides is 2. The van der Waals surface area contributed by atoms with E-state index in [4.69, 9.17) is 4.74 Å². The number of hydrogen-bond donors (Lipinski definition) is 0. The molecule has 8 heteroatoms. The molecule has 5 nitrogen and oxygen atoms in total. The van der Waals surface area contributed by atoms with Gasteiger partial charge in [0, 0.05) is 32.7 Å². The normalized spacial score (nSPS) is 14.9. The maximum Gasteiger partial charge on any atom is 0.293 e. The van der Waals surface area contributed by atoms with Gasteiger partial charge in [0.1, 0.15) is 18.2 Å². The molecule has 4 aromatic rings. The molecule has 1 fully saturated rings. The lowest BCUT2D eigenvalue weighted by Gasteiger charge is -2.13. The van der Waals surface area contributed by atoms with Crippen molar-refractivity contribution in [3.05, 3.63) is 105 Å². The Morgan fingerprint density at radius 2 is 1.77 bits per heavy atom. The van der Waals surface area contributed by atoms with Crippen molar-refractivity contribution in [3.63, 3.8) is 0 Å². The van der Waals surface area contributed by atoms with Crippen molar-refractivity contribution in [1.82, 2.24) is 9.47 Å². The first-order chi connectivity index (χ1) is 17.0. The van der Waals surface area contributed by atoms with Crippen LogP contribution in [0.15, 0.2) is 88.4 Å². The van der Waals surface area contributed by atoms with Gasteiger partial charge < -0.3 is 9.30 Å². The van der Waals surface area contributed by atoms with Crippen molar-refractivity contribution in [3.8, 4) is 5.75 Å². The van der Waals surface area contributed by atoms with E-state index in [-0.39, 0.29) is 30.1 Å². The second-order valence-electron chi connectivity index (χ2n) is 7.96. The van der Waals surface area contributed by atoms with E-state index in [1.165, 1.54) is 11.0 Å². The van der Waals surface area contributed by atoms with Gasteiger partial charge in [0.25, 0.3) is 11.1 Å². The molecule has 2 amide bonds. The molecule has 1 aromatic heterocycles. The Bertz CT molecular complexity index is 1450. The van der Waals surface area contributed by atoms with E-state index in [2.05, 4.69) is 15.9 Å². The highest BCUT2D eigenvalue weighted by Crippen LogP contribution is 2.35. The Kier molecular flexibility index (Phi) is 6.74. The molecule has 1 saturated heterocycles. The number of aromatic nitrogens is 1. The van der Waals surface area contributed by atoms with Crippen LogP contribution in [-0.4, -0.2) is 33.8 Å². The minimum Gasteiger partial charge on any atom is -0.492 e. The van der Waals surface area contributed by atoms with Gasteiger partial charge in [-0.15, -0.1) is 0 Å². The summed E-state index contributed by atoms with van der Waals surface area (Å²) in [7, 11) is 0. The smallest absolute Gasteiger partial charge is 0.293 e. The van der Waals surface area contributed by atoms with E-state index < -0.39 is 0 Å². The number of carbonyl (C=O) groups excluding carboxylic acids is 2. The van der Waals surface area contributed by atoms with Gasteiger partial charge in [0.15, 0.2) is 0 Å². The molecule has 0 bridgehead atoms. The maximum absolute atomic E-state index is 14.3. The first-order valence-corrected chi connectivity index (χ1v) is 12.6. The van der Waals surface area contributed by atoms with Gasteiger partial charge in [-0.2, -0.15) is 0 Å². The number of nitrogens with zero attached hydrogens (tertiary/aromatic N) is 2. The molecule has 0 N–H and O–H groups in total. The lowest BCUT2D eigenvalue weighted by Crippen LogP contribution is -2.32. The van der Waals surface area contributed by atoms with Crippen LogP contribution in [-0.2, 0) is 11.3 Å². The number of para-hydroxylation sites is 1. The highest BCUT2D eigenvalue weighted by atomic mass is 79.9. The predicted molar refractivity (Wildman–Crippen MR) is 140 cm³/mol. The lowest BCUT2D eigenvalue weighted by molar-refractivity contribution is -0.123. The number of ether oxygens (including phenoxy) is 1. The van der Waals surface area contributed by atoms with E-state index in [1.807, 2.05) is 59.3 Å². The molecule has 3 aromatic carbocycles. The van der Waals surface area contributed by atoms with Crippen molar-refractivity contribution >= 4 is 55.8 Å². The molecular weight excluding hydrogens is 531 g/mol. The minimum absolute atomic E-state index is 0.164. The van der Waals surface area contributed by atoms with Gasteiger partial charge in [0.2, 0.25) is 0 Å². The third-order valence-electron chi connectivity index (χ3n) is 5.66. The van der Waals surface area contributed by atoms with Crippen molar-refractivity contribution in [2.75, 3.05) is 13.2 Å². The summed E-state index contributed by atoms with van der Waals surface area (Å²) >= 11 is 4.42. The zero-order valence-electron chi connectivity index (χ0n) is 18.5. The van der Waals surface area contributed by atoms with Crippen molar-refractivity contribution < 1.29 is 18.7 Å². The lowest BCUT2D eigenvalue weighted by atomic mass is 10.1. The van der Waals surface area contributed by atoms with Crippen molar-refractivity contribution in [2.24, 2.45) is 0 Å². The number of halogens is 2. The average molecular weight is 551 g/mol. The van der Waals surface area contributed by atoms with Crippen LogP contribution < -0.4 is 4.74 Å². The highest BCUT2D eigenvalue weighted by molar-refractivity contribution is 9.10. The van der Waals surface area contributed by atoms with Crippen LogP contribution in [0.1, 0.15) is 11.1 Å². The second-order valence-corrected chi connectivity index (χ2v) is 9.87. The number of rotatable bonds is 7. The third-order valence-corrected chi connectivity index (χ3v) is 7.06. The fraction of sp³-hybridized carbons (Fsp3) is 0.111. The Labute approximate surface area is 214 Å². The topological polar surface area (TPSA) is 51.5 Å². The highest BCUT2D eigenvalue weighted by Gasteiger charge is 2.35. The molecular formula is C27H20BrFN2O3S. The van der Waals surface area contributed by atoms with Crippen LogP contribution in [0.25, 0.3) is 17.0 Å². The monoisotopic (exact) mass is 550 g/mol. The van der Waals surface area contributed by atoms with Crippen LogP contribution in [0, 0.1) is 5.82 Å². The van der Waals surface area contributed by atoms with Gasteiger partial charge in [-0.25, -0.2) is 4.39 Å². The summed E-state index contributed by atoms with van der Waals surface area (Å²) in [6.07, 6.45) is 3.62. The predicted octanol–water partition coefficient (Wildman–Crippen LogP) is 6.71. The first-order valence-electron chi connectivity index (χ1n) is 10.9. The SMILES string of the molecule is O=C1S/C(=C\c2cn(Cc3ccccc3F)c3ccc(Br)cc23)C(=O)N1CCOc1ccccc1. The second kappa shape index (κ2) is 10.1. The number of imide groups is 1. The third kappa shape index (κ3) is 5.04. The average Bonchev–Trinajstić information content (AvgIpc) is 3.32. The van der Waals surface area contributed by atoms with Crippen LogP contribution in [0.5, 0.6) is 5.75 Å². The van der Waals surface area contributed by atoms with Gasteiger partial charge in [-0.3, -0.25) is 14.5 Å². The van der Waals surface area contributed by atoms with Crippen molar-refractivity contribution in [1.29, 1.82) is 0 Å².